The predicted octanol–water partition coefficient (Wildman–Crippen LogP) is 3.28. The van der Waals surface area contributed by atoms with Crippen LogP contribution in [0.25, 0.3) is 0 Å². The quantitative estimate of drug-likeness (QED) is 0.762. The van der Waals surface area contributed by atoms with E-state index in [1.54, 1.807) is 0 Å². The third-order valence-electron chi connectivity index (χ3n) is 2.43. The molecule has 16 heavy (non-hydrogen) atoms. The van der Waals surface area contributed by atoms with Gasteiger partial charge in [0.05, 0.1) is 0 Å². The van der Waals surface area contributed by atoms with Crippen molar-refractivity contribution in [3.05, 3.63) is 65.7 Å². The lowest BCUT2D eigenvalue weighted by Gasteiger charge is -2.07. The first-order valence-electron chi connectivity index (χ1n) is 5.23. The first-order chi connectivity index (χ1) is 7.90. The summed E-state index contributed by atoms with van der Waals surface area (Å²) in [5.74, 6) is 2.69. The first kappa shape index (κ1) is 10.3. The number of nitrogens with one attached hydrogen (secondary N) is 1. The molecule has 0 spiro atoms. The van der Waals surface area contributed by atoms with Crippen LogP contribution in [0.4, 0.5) is 5.69 Å². The molecule has 1 nitrogen and oxygen atoms in total. The van der Waals surface area contributed by atoms with Gasteiger partial charge in [-0.25, -0.2) is 0 Å². The van der Waals surface area contributed by atoms with Crippen LogP contribution < -0.4 is 5.32 Å². The molecule has 1 heteroatoms. The highest BCUT2D eigenvalue weighted by Gasteiger charge is 1.98. The topological polar surface area (TPSA) is 12.0 Å². The third-order valence-corrected chi connectivity index (χ3v) is 2.43. The normalized spacial score (nSPS) is 9.44. The van der Waals surface area contributed by atoms with E-state index in [9.17, 15) is 0 Å². The van der Waals surface area contributed by atoms with E-state index < -0.39 is 0 Å². The van der Waals surface area contributed by atoms with Crippen LogP contribution >= 0.6 is 0 Å². The van der Waals surface area contributed by atoms with E-state index in [0.717, 1.165) is 23.4 Å². The summed E-state index contributed by atoms with van der Waals surface area (Å²) in [6, 6.07) is 18.1. The summed E-state index contributed by atoms with van der Waals surface area (Å²) in [5.41, 5.74) is 3.20. The lowest BCUT2D eigenvalue weighted by Crippen LogP contribution is -2.00. The van der Waals surface area contributed by atoms with E-state index in [1.807, 2.05) is 54.6 Å². The molecular weight excluding hydrogens is 194 g/mol. The molecule has 0 fully saturated rings. The van der Waals surface area contributed by atoms with Crippen molar-refractivity contribution in [2.24, 2.45) is 0 Å². The summed E-state index contributed by atoms with van der Waals surface area (Å²) >= 11 is 0. The average Bonchev–Trinajstić information content (AvgIpc) is 2.38. The molecule has 2 rings (SSSR count). The summed E-state index contributed by atoms with van der Waals surface area (Å²) in [6.45, 7) is 0.754. The Balaban J connectivity index is 2.09. The maximum absolute atomic E-state index is 5.44. The van der Waals surface area contributed by atoms with Crippen LogP contribution in [0.5, 0.6) is 0 Å². The van der Waals surface area contributed by atoms with Gasteiger partial charge < -0.3 is 5.32 Å². The fourth-order valence-electron chi connectivity index (χ4n) is 1.57. The summed E-state index contributed by atoms with van der Waals surface area (Å²) < 4.78 is 0. The molecule has 0 amide bonds. The molecule has 1 N–H and O–H groups in total. The smallest absolute Gasteiger partial charge is 0.0413 e. The van der Waals surface area contributed by atoms with Crippen LogP contribution in [0, 0.1) is 12.3 Å². The summed E-state index contributed by atoms with van der Waals surface area (Å²) in [4.78, 5) is 0. The number of anilines is 1. The van der Waals surface area contributed by atoms with Gasteiger partial charge in [-0.3, -0.25) is 0 Å². The van der Waals surface area contributed by atoms with Crippen molar-refractivity contribution in [3.8, 4) is 12.3 Å². The van der Waals surface area contributed by atoms with Crippen LogP contribution in [0.3, 0.4) is 0 Å². The fraction of sp³-hybridized carbons (Fsp3) is 0.0667. The van der Waals surface area contributed by atoms with Gasteiger partial charge in [-0.05, 0) is 23.8 Å². The van der Waals surface area contributed by atoms with E-state index in [0.29, 0.717) is 0 Å². The zero-order chi connectivity index (χ0) is 11.2. The molecule has 0 saturated carbocycles. The minimum Gasteiger partial charge on any atom is -0.381 e. The Morgan fingerprint density at radius 2 is 1.62 bits per heavy atom. The highest BCUT2D eigenvalue weighted by atomic mass is 14.9. The number of hydrogen-bond donors (Lipinski definition) is 1. The summed E-state index contributed by atoms with van der Waals surface area (Å²) in [6.07, 6.45) is 5.44. The van der Waals surface area contributed by atoms with Crippen LogP contribution in [0.1, 0.15) is 11.1 Å². The van der Waals surface area contributed by atoms with Crippen LogP contribution in [0.15, 0.2) is 54.6 Å². The Bertz CT molecular complexity index is 494. The lowest BCUT2D eigenvalue weighted by atomic mass is 10.1. The van der Waals surface area contributed by atoms with E-state index >= 15 is 0 Å². The summed E-state index contributed by atoms with van der Waals surface area (Å²) in [7, 11) is 0. The highest BCUT2D eigenvalue weighted by molar-refractivity contribution is 5.46. The Kier molecular flexibility index (Phi) is 3.25. The van der Waals surface area contributed by atoms with E-state index in [2.05, 4.69) is 11.2 Å². The Labute approximate surface area is 96.1 Å². The van der Waals surface area contributed by atoms with Gasteiger partial charge in [0.15, 0.2) is 0 Å². The van der Waals surface area contributed by atoms with Gasteiger partial charge in [-0.15, -0.1) is 6.42 Å². The molecule has 0 radical (unpaired) electrons. The highest BCUT2D eigenvalue weighted by Crippen LogP contribution is 2.11. The molecular formula is C15H13N. The number of terminal acetylenes is 1. The average molecular weight is 207 g/mol. The van der Waals surface area contributed by atoms with Crippen molar-refractivity contribution in [1.82, 2.24) is 0 Å². The minimum absolute atomic E-state index is 0.754. The zero-order valence-electron chi connectivity index (χ0n) is 8.98. The second-order valence-electron chi connectivity index (χ2n) is 3.52. The van der Waals surface area contributed by atoms with E-state index in [4.69, 9.17) is 6.42 Å². The molecule has 0 aromatic heterocycles. The largest absolute Gasteiger partial charge is 0.381 e. The number of hydrogen-bond acceptors (Lipinski definition) is 1. The number of benzene rings is 2. The maximum Gasteiger partial charge on any atom is 0.0413 e. The molecule has 0 unspecified atom stereocenters. The van der Waals surface area contributed by atoms with Crippen LogP contribution in [-0.4, -0.2) is 0 Å². The fourth-order valence-corrected chi connectivity index (χ4v) is 1.57. The van der Waals surface area contributed by atoms with Crippen molar-refractivity contribution in [3.63, 3.8) is 0 Å². The van der Waals surface area contributed by atoms with Gasteiger partial charge in [0, 0.05) is 17.8 Å². The number of rotatable bonds is 3. The van der Waals surface area contributed by atoms with Gasteiger partial charge >= 0.3 is 0 Å². The van der Waals surface area contributed by atoms with Crippen molar-refractivity contribution < 1.29 is 0 Å². The molecule has 2 aromatic rings. The molecule has 0 saturated heterocycles. The molecule has 0 aliphatic carbocycles. The molecule has 0 atom stereocenters. The SMILES string of the molecule is C#Cc1ccccc1CNc1ccccc1. The van der Waals surface area contributed by atoms with Crippen LogP contribution in [0.2, 0.25) is 0 Å². The Hall–Kier alpha value is -2.20. The van der Waals surface area contributed by atoms with Crippen molar-refractivity contribution >= 4 is 5.69 Å². The standard InChI is InChI=1S/C15H13N/c1-2-13-8-6-7-9-14(13)12-16-15-10-4-3-5-11-15/h1,3-11,16H,12H2. The van der Waals surface area contributed by atoms with Gasteiger partial charge in [0.25, 0.3) is 0 Å². The molecule has 0 aliphatic heterocycles. The Morgan fingerprint density at radius 1 is 0.938 bits per heavy atom. The maximum atomic E-state index is 5.44. The summed E-state index contributed by atoms with van der Waals surface area (Å²) in [5, 5.41) is 3.34. The minimum atomic E-state index is 0.754. The zero-order valence-corrected chi connectivity index (χ0v) is 8.98. The molecule has 0 heterocycles. The third kappa shape index (κ3) is 2.43. The lowest BCUT2D eigenvalue weighted by molar-refractivity contribution is 1.14. The van der Waals surface area contributed by atoms with E-state index in [1.165, 1.54) is 0 Å². The molecule has 0 bridgehead atoms. The molecule has 78 valence electrons. The second kappa shape index (κ2) is 5.04. The number of para-hydroxylation sites is 1. The second-order valence-corrected chi connectivity index (χ2v) is 3.52. The molecule has 0 aliphatic rings. The van der Waals surface area contributed by atoms with Crippen molar-refractivity contribution in [1.29, 1.82) is 0 Å². The predicted molar refractivity (Wildman–Crippen MR) is 68.1 cm³/mol. The monoisotopic (exact) mass is 207 g/mol. The van der Waals surface area contributed by atoms with Crippen molar-refractivity contribution in [2.75, 3.05) is 5.32 Å². The Morgan fingerprint density at radius 3 is 2.38 bits per heavy atom. The van der Waals surface area contributed by atoms with E-state index in [-0.39, 0.29) is 0 Å². The van der Waals surface area contributed by atoms with Gasteiger partial charge in [-0.1, -0.05) is 42.3 Å². The molecule has 2 aromatic carbocycles. The van der Waals surface area contributed by atoms with Gasteiger partial charge in [0.1, 0.15) is 0 Å². The van der Waals surface area contributed by atoms with Crippen LogP contribution in [-0.2, 0) is 6.54 Å². The van der Waals surface area contributed by atoms with Gasteiger partial charge in [-0.2, -0.15) is 0 Å². The van der Waals surface area contributed by atoms with Crippen molar-refractivity contribution in [2.45, 2.75) is 6.54 Å². The van der Waals surface area contributed by atoms with Gasteiger partial charge in [0.2, 0.25) is 0 Å². The first-order valence-corrected chi connectivity index (χ1v) is 5.23.